The summed E-state index contributed by atoms with van der Waals surface area (Å²) in [5.41, 5.74) is -0.561. The van der Waals surface area contributed by atoms with E-state index in [1.807, 2.05) is 35.2 Å². The molecule has 1 aliphatic carbocycles. The highest BCUT2D eigenvalue weighted by molar-refractivity contribution is 9.09. The second-order valence-corrected chi connectivity index (χ2v) is 14.1. The van der Waals surface area contributed by atoms with Gasteiger partial charge in [0, 0.05) is 30.4 Å². The first-order valence-electron chi connectivity index (χ1n) is 16.5. The highest BCUT2D eigenvalue weighted by Gasteiger charge is 2.77. The number of halogens is 1. The lowest BCUT2D eigenvalue weighted by Crippen LogP contribution is -2.59. The number of aliphatic hydroxyl groups excluding tert-OH is 1. The van der Waals surface area contributed by atoms with Gasteiger partial charge in [0.15, 0.2) is 0 Å². The average molecular weight is 701 g/mol. The number of nitrogens with zero attached hydrogens (tertiary/aromatic N) is 2. The van der Waals surface area contributed by atoms with Crippen LogP contribution in [0.15, 0.2) is 55.6 Å². The third-order valence-electron chi connectivity index (χ3n) is 10.1. The monoisotopic (exact) mass is 699 g/mol. The molecule has 1 saturated carbocycles. The largest absolute Gasteiger partial charge is 0.455 e. The van der Waals surface area contributed by atoms with Crippen LogP contribution in [0.4, 0.5) is 0 Å². The number of aliphatic hydroxyl groups is 1. The van der Waals surface area contributed by atoms with Gasteiger partial charge in [-0.25, -0.2) is 0 Å². The van der Waals surface area contributed by atoms with E-state index >= 15 is 0 Å². The number of β-amino-alcohol motifs (C(OH)–C–C–N with tert-alkyl or cyclic N) is 1. The van der Waals surface area contributed by atoms with Gasteiger partial charge in [0.25, 0.3) is 0 Å². The number of carbonyl (C=O) groups excluding carboxylic acids is 4. The van der Waals surface area contributed by atoms with Gasteiger partial charge in [-0.1, -0.05) is 77.7 Å². The van der Waals surface area contributed by atoms with Gasteiger partial charge >= 0.3 is 5.97 Å². The Hall–Kier alpha value is -3.02. The van der Waals surface area contributed by atoms with Crippen LogP contribution in [-0.4, -0.2) is 93.0 Å². The molecular formula is C35H46BrN3O7. The molecule has 3 amide bonds. The zero-order valence-corrected chi connectivity index (χ0v) is 28.1. The van der Waals surface area contributed by atoms with Crippen molar-refractivity contribution in [2.75, 3.05) is 19.7 Å². The summed E-state index contributed by atoms with van der Waals surface area (Å²) in [6.07, 6.45) is 7.90. The van der Waals surface area contributed by atoms with Crippen LogP contribution in [0.25, 0.3) is 0 Å². The fourth-order valence-corrected chi connectivity index (χ4v) is 9.02. The molecule has 1 aromatic rings. The maximum Gasteiger partial charge on any atom is 0.313 e. The number of allylic oxidation sites excluding steroid dienone is 1. The van der Waals surface area contributed by atoms with Crippen LogP contribution in [0, 0.1) is 11.8 Å². The maximum absolute atomic E-state index is 14.5. The Morgan fingerprint density at radius 2 is 1.91 bits per heavy atom. The van der Waals surface area contributed by atoms with Crippen LogP contribution in [0.1, 0.15) is 70.0 Å². The van der Waals surface area contributed by atoms with E-state index < -0.39 is 47.7 Å². The molecular weight excluding hydrogens is 654 g/mol. The molecule has 46 heavy (non-hydrogen) atoms. The summed E-state index contributed by atoms with van der Waals surface area (Å²) in [7, 11) is 0. The van der Waals surface area contributed by atoms with Crippen LogP contribution in [0.2, 0.25) is 0 Å². The number of rotatable bonds is 14. The standard InChI is InChI=1S/C35H46BrN3O7/c1-4-6-17-26(41)37-22(3)29(23-13-9-7-10-14-23)45-34(44)27-28-32(42)39(19-20-40)31(35(28)21-25(36)30(27)46-35)33(43)38(18-5-2)24-15-11-8-12-16-24/h4-5,7,9-10,13-14,22,24-25,27-31,40H,1-2,6,8,11-12,15-21H2,3H3,(H,37,41)/t22-,25?,27-,28+,29-,30-,31-,35+/m0/s1. The lowest BCUT2D eigenvalue weighted by Gasteiger charge is -2.40. The number of amides is 3. The Balaban J connectivity index is 1.45. The van der Waals surface area contributed by atoms with Crippen molar-refractivity contribution < 1.29 is 33.8 Å². The normalized spacial score (nSPS) is 29.9. The smallest absolute Gasteiger partial charge is 0.313 e. The van der Waals surface area contributed by atoms with E-state index in [-0.39, 0.29) is 48.2 Å². The van der Waals surface area contributed by atoms with Crippen molar-refractivity contribution >= 4 is 39.6 Å². The number of ether oxygens (including phenoxy) is 2. The van der Waals surface area contributed by atoms with Gasteiger partial charge in [0.1, 0.15) is 17.7 Å². The van der Waals surface area contributed by atoms with Crippen LogP contribution in [-0.2, 0) is 28.7 Å². The van der Waals surface area contributed by atoms with Gasteiger partial charge in [-0.2, -0.15) is 0 Å². The molecule has 2 bridgehead atoms. The first-order valence-corrected chi connectivity index (χ1v) is 17.4. The number of fused-ring (bicyclic) bond motifs is 1. The van der Waals surface area contributed by atoms with Gasteiger partial charge in [0.05, 0.1) is 30.6 Å². The Labute approximate surface area is 279 Å². The molecule has 4 aliphatic rings. The number of esters is 1. The number of benzene rings is 1. The molecule has 1 aromatic carbocycles. The molecule has 0 aromatic heterocycles. The fourth-order valence-electron chi connectivity index (χ4n) is 8.07. The second-order valence-electron chi connectivity index (χ2n) is 12.9. The predicted octanol–water partition coefficient (Wildman–Crippen LogP) is 3.83. The minimum atomic E-state index is -1.26. The lowest BCUT2D eigenvalue weighted by atomic mass is 9.70. The van der Waals surface area contributed by atoms with E-state index in [9.17, 15) is 24.3 Å². The minimum absolute atomic E-state index is 0.0229. The summed E-state index contributed by atoms with van der Waals surface area (Å²) >= 11 is 3.71. The van der Waals surface area contributed by atoms with Gasteiger partial charge in [-0.3, -0.25) is 19.2 Å². The second kappa shape index (κ2) is 14.8. The Morgan fingerprint density at radius 1 is 1.20 bits per heavy atom. The number of hydrogen-bond acceptors (Lipinski definition) is 7. The van der Waals surface area contributed by atoms with Crippen molar-refractivity contribution in [1.82, 2.24) is 15.1 Å². The fraction of sp³-hybridized carbons (Fsp3) is 0.600. The van der Waals surface area contributed by atoms with Gasteiger partial charge in [-0.15, -0.1) is 13.2 Å². The van der Waals surface area contributed by atoms with Crippen molar-refractivity contribution in [3.05, 3.63) is 61.2 Å². The number of carbonyl (C=O) groups is 4. The van der Waals surface area contributed by atoms with Gasteiger partial charge < -0.3 is 29.7 Å². The van der Waals surface area contributed by atoms with Gasteiger partial charge in [0.2, 0.25) is 17.7 Å². The molecule has 10 nitrogen and oxygen atoms in total. The summed E-state index contributed by atoms with van der Waals surface area (Å²) in [5, 5.41) is 12.9. The lowest BCUT2D eigenvalue weighted by molar-refractivity contribution is -0.162. The number of nitrogens with one attached hydrogen (secondary N) is 1. The van der Waals surface area contributed by atoms with E-state index in [2.05, 4.69) is 34.4 Å². The summed E-state index contributed by atoms with van der Waals surface area (Å²) in [5.74, 6) is -3.38. The van der Waals surface area contributed by atoms with Crippen molar-refractivity contribution in [3.8, 4) is 0 Å². The summed E-state index contributed by atoms with van der Waals surface area (Å²) in [6, 6.07) is 7.63. The highest BCUT2D eigenvalue weighted by Crippen LogP contribution is 2.60. The van der Waals surface area contributed by atoms with E-state index in [0.29, 0.717) is 24.9 Å². The number of alkyl halides is 1. The molecule has 0 radical (unpaired) electrons. The predicted molar refractivity (Wildman–Crippen MR) is 176 cm³/mol. The molecule has 3 aliphatic heterocycles. The Kier molecular flexibility index (Phi) is 11.1. The Morgan fingerprint density at radius 3 is 2.57 bits per heavy atom. The maximum atomic E-state index is 14.5. The van der Waals surface area contributed by atoms with Crippen LogP contribution >= 0.6 is 15.9 Å². The average Bonchev–Trinajstić information content (AvgIpc) is 3.65. The van der Waals surface area contributed by atoms with Crippen molar-refractivity contribution in [1.29, 1.82) is 0 Å². The minimum Gasteiger partial charge on any atom is -0.455 e. The van der Waals surface area contributed by atoms with Crippen LogP contribution in [0.3, 0.4) is 0 Å². The Bertz CT molecular complexity index is 1300. The van der Waals surface area contributed by atoms with E-state index in [1.54, 1.807) is 19.1 Å². The molecule has 1 unspecified atom stereocenters. The number of likely N-dealkylation sites (tertiary alicyclic amines) is 1. The third kappa shape index (κ3) is 6.42. The zero-order valence-electron chi connectivity index (χ0n) is 26.5. The quantitative estimate of drug-likeness (QED) is 0.172. The van der Waals surface area contributed by atoms with E-state index in [0.717, 1.165) is 32.1 Å². The first-order chi connectivity index (χ1) is 22.2. The van der Waals surface area contributed by atoms with E-state index in [4.69, 9.17) is 9.47 Å². The summed E-state index contributed by atoms with van der Waals surface area (Å²) < 4.78 is 12.8. The van der Waals surface area contributed by atoms with Crippen molar-refractivity contribution in [3.63, 3.8) is 0 Å². The van der Waals surface area contributed by atoms with Crippen molar-refractivity contribution in [2.24, 2.45) is 11.8 Å². The molecule has 4 fully saturated rings. The zero-order chi connectivity index (χ0) is 33.0. The van der Waals surface area contributed by atoms with Crippen LogP contribution in [0.5, 0.6) is 0 Å². The SMILES string of the molecule is C=CCCC(=O)N[C@@H](C)[C@H](OC(=O)[C@@H]1[C@H]2O[C@@]3(CC2Br)[C@H](C(=O)N(CC=C)C2CCCCC2)N(CCO)C(=O)[C@@H]13)c1ccccc1. The molecule has 250 valence electrons. The molecule has 8 atom stereocenters. The summed E-state index contributed by atoms with van der Waals surface area (Å²) in [4.78, 5) is 58.6. The summed E-state index contributed by atoms with van der Waals surface area (Å²) in [6.45, 7) is 9.29. The topological polar surface area (TPSA) is 125 Å². The van der Waals surface area contributed by atoms with Gasteiger partial charge in [-0.05, 0) is 38.2 Å². The molecule has 5 rings (SSSR count). The molecule has 3 saturated heterocycles. The van der Waals surface area contributed by atoms with Crippen LogP contribution < -0.4 is 5.32 Å². The molecule has 2 N–H and O–H groups in total. The molecule has 1 spiro atoms. The first kappa shape index (κ1) is 34.3. The third-order valence-corrected chi connectivity index (χ3v) is 10.9. The van der Waals surface area contributed by atoms with Crippen molar-refractivity contribution in [2.45, 2.75) is 99.1 Å². The number of hydrogen-bond donors (Lipinski definition) is 2. The molecule has 11 heteroatoms. The van der Waals surface area contributed by atoms with E-state index in [1.165, 1.54) is 4.90 Å². The molecule has 3 heterocycles. The highest BCUT2D eigenvalue weighted by atomic mass is 79.9.